The number of hydrogen-bond acceptors (Lipinski definition) is 4. The molecule has 0 heterocycles. The van der Waals surface area contributed by atoms with Crippen LogP contribution < -0.4 is 0 Å². The largest absolute Gasteiger partial charge is 0.464 e. The van der Waals surface area contributed by atoms with E-state index in [1.54, 1.807) is 0 Å². The molecular formula is C11H22INO3. The Morgan fingerprint density at radius 1 is 1.44 bits per heavy atom. The molecule has 0 bridgehead atoms. The van der Waals surface area contributed by atoms with E-state index in [-0.39, 0.29) is 31.1 Å². The molecule has 2 atom stereocenters. The molecule has 0 saturated heterocycles. The average molecular weight is 343 g/mol. The fourth-order valence-electron chi connectivity index (χ4n) is 1.39. The minimum Gasteiger partial charge on any atom is -0.464 e. The third kappa shape index (κ3) is 6.65. The highest BCUT2D eigenvalue weighted by Gasteiger charge is 2.19. The van der Waals surface area contributed by atoms with Gasteiger partial charge in [-0.05, 0) is 19.4 Å². The lowest BCUT2D eigenvalue weighted by molar-refractivity contribution is -0.149. The van der Waals surface area contributed by atoms with E-state index < -0.39 is 0 Å². The summed E-state index contributed by atoms with van der Waals surface area (Å²) in [7, 11) is 1.84. The number of likely N-dealkylation sites (N-methyl/N-ethyl adjacent to an activating group) is 1. The molecule has 0 aromatic rings. The lowest BCUT2D eigenvalue weighted by Gasteiger charge is -2.21. The van der Waals surface area contributed by atoms with E-state index in [1.807, 2.05) is 17.1 Å². The van der Waals surface area contributed by atoms with Crippen molar-refractivity contribution in [2.24, 2.45) is 11.8 Å². The summed E-state index contributed by atoms with van der Waals surface area (Å²) >= 11 is 2.07. The number of halogens is 1. The molecule has 96 valence electrons. The third-order valence-electron chi connectivity index (χ3n) is 2.36. The summed E-state index contributed by atoms with van der Waals surface area (Å²) < 4.78 is 6.99. The first kappa shape index (κ1) is 16.1. The first-order chi connectivity index (χ1) is 7.38. The van der Waals surface area contributed by atoms with Crippen molar-refractivity contribution in [2.45, 2.75) is 33.2 Å². The molecule has 4 nitrogen and oxygen atoms in total. The fourth-order valence-corrected chi connectivity index (χ4v) is 1.73. The molecule has 1 N–H and O–H groups in total. The summed E-state index contributed by atoms with van der Waals surface area (Å²) in [5, 5.41) is 9.06. The zero-order valence-electron chi connectivity index (χ0n) is 10.4. The number of carbonyl (C=O) groups is 1. The van der Waals surface area contributed by atoms with Crippen LogP contribution >= 0.6 is 22.9 Å². The summed E-state index contributed by atoms with van der Waals surface area (Å²) in [6.45, 7) is 6.28. The van der Waals surface area contributed by atoms with E-state index in [0.29, 0.717) is 5.92 Å². The lowest BCUT2D eigenvalue weighted by atomic mass is 9.99. The van der Waals surface area contributed by atoms with Crippen LogP contribution in [0.1, 0.15) is 27.2 Å². The van der Waals surface area contributed by atoms with E-state index in [4.69, 9.17) is 9.84 Å². The van der Waals surface area contributed by atoms with Crippen LogP contribution in [-0.2, 0) is 9.53 Å². The van der Waals surface area contributed by atoms with Crippen molar-refractivity contribution < 1.29 is 14.6 Å². The van der Waals surface area contributed by atoms with E-state index in [9.17, 15) is 4.79 Å². The van der Waals surface area contributed by atoms with Gasteiger partial charge < -0.3 is 9.84 Å². The third-order valence-corrected chi connectivity index (χ3v) is 3.15. The van der Waals surface area contributed by atoms with Gasteiger partial charge in [0.1, 0.15) is 6.61 Å². The standard InChI is InChI=1S/C11H22INO3/c1-8(2)5-9(3)11(15)16-7-10(6-14)13(4)12/h8-10,14H,5-7H2,1-4H3. The van der Waals surface area contributed by atoms with Crippen molar-refractivity contribution in [2.75, 3.05) is 20.3 Å². The van der Waals surface area contributed by atoms with Crippen LogP contribution in [0.15, 0.2) is 0 Å². The monoisotopic (exact) mass is 343 g/mol. The van der Waals surface area contributed by atoms with E-state index in [2.05, 4.69) is 36.7 Å². The highest BCUT2D eigenvalue weighted by molar-refractivity contribution is 14.1. The Kier molecular flexibility index (Phi) is 8.31. The van der Waals surface area contributed by atoms with Gasteiger partial charge in [0.2, 0.25) is 0 Å². The van der Waals surface area contributed by atoms with Gasteiger partial charge in [-0.25, -0.2) is 3.11 Å². The highest BCUT2D eigenvalue weighted by atomic mass is 127. The minimum absolute atomic E-state index is 0.00865. The molecule has 0 amide bonds. The summed E-state index contributed by atoms with van der Waals surface area (Å²) in [6.07, 6.45) is 0.836. The summed E-state index contributed by atoms with van der Waals surface area (Å²) in [5.41, 5.74) is 0. The van der Waals surface area contributed by atoms with Crippen molar-refractivity contribution in [1.29, 1.82) is 0 Å². The van der Waals surface area contributed by atoms with Crippen molar-refractivity contribution in [3.05, 3.63) is 0 Å². The molecule has 0 saturated carbocycles. The van der Waals surface area contributed by atoms with Gasteiger partial charge in [-0.2, -0.15) is 0 Å². The Morgan fingerprint density at radius 3 is 2.38 bits per heavy atom. The second-order valence-corrected chi connectivity index (χ2v) is 6.04. The van der Waals surface area contributed by atoms with Gasteiger partial charge in [0, 0.05) is 22.9 Å². The molecule has 0 aromatic carbocycles. The highest BCUT2D eigenvalue weighted by Crippen LogP contribution is 2.13. The van der Waals surface area contributed by atoms with Crippen LogP contribution in [0, 0.1) is 11.8 Å². The van der Waals surface area contributed by atoms with Crippen molar-refractivity contribution in [3.8, 4) is 0 Å². The van der Waals surface area contributed by atoms with Gasteiger partial charge >= 0.3 is 5.97 Å². The Bertz CT molecular complexity index is 209. The smallest absolute Gasteiger partial charge is 0.308 e. The van der Waals surface area contributed by atoms with Crippen LogP contribution in [-0.4, -0.2) is 40.5 Å². The van der Waals surface area contributed by atoms with Crippen molar-refractivity contribution in [1.82, 2.24) is 3.11 Å². The molecule has 0 radical (unpaired) electrons. The second-order valence-electron chi connectivity index (χ2n) is 4.52. The molecule has 0 aliphatic carbocycles. The van der Waals surface area contributed by atoms with Gasteiger partial charge in [-0.15, -0.1) is 0 Å². The molecule has 5 heteroatoms. The van der Waals surface area contributed by atoms with Crippen LogP contribution in [0.5, 0.6) is 0 Å². The predicted octanol–water partition coefficient (Wildman–Crippen LogP) is 1.85. The molecule has 16 heavy (non-hydrogen) atoms. The maximum absolute atomic E-state index is 11.6. The molecule has 0 rings (SSSR count). The van der Waals surface area contributed by atoms with Crippen LogP contribution in [0.4, 0.5) is 0 Å². The maximum atomic E-state index is 11.6. The average Bonchev–Trinajstić information content (AvgIpc) is 2.16. The molecule has 0 fully saturated rings. The van der Waals surface area contributed by atoms with Crippen LogP contribution in [0.2, 0.25) is 0 Å². The van der Waals surface area contributed by atoms with Gasteiger partial charge in [0.05, 0.1) is 18.6 Å². The van der Waals surface area contributed by atoms with Gasteiger partial charge in [0.25, 0.3) is 0 Å². The Labute approximate surface area is 112 Å². The quantitative estimate of drug-likeness (QED) is 0.436. The van der Waals surface area contributed by atoms with Crippen LogP contribution in [0.25, 0.3) is 0 Å². The van der Waals surface area contributed by atoms with Gasteiger partial charge in [0.15, 0.2) is 0 Å². The number of carbonyl (C=O) groups excluding carboxylic acids is 1. The Balaban J connectivity index is 3.96. The van der Waals surface area contributed by atoms with Crippen molar-refractivity contribution in [3.63, 3.8) is 0 Å². The number of nitrogens with zero attached hydrogens (tertiary/aromatic N) is 1. The number of ether oxygens (including phenoxy) is 1. The molecule has 2 unspecified atom stereocenters. The van der Waals surface area contributed by atoms with Crippen LogP contribution in [0.3, 0.4) is 0 Å². The Morgan fingerprint density at radius 2 is 2.00 bits per heavy atom. The van der Waals surface area contributed by atoms with Gasteiger partial charge in [-0.3, -0.25) is 4.79 Å². The number of esters is 1. The molecule has 0 aliphatic heterocycles. The maximum Gasteiger partial charge on any atom is 0.308 e. The van der Waals surface area contributed by atoms with E-state index >= 15 is 0 Å². The molecular weight excluding hydrogens is 321 g/mol. The first-order valence-corrected chi connectivity index (χ1v) is 6.51. The van der Waals surface area contributed by atoms with Crippen molar-refractivity contribution >= 4 is 28.8 Å². The molecule has 0 aromatic heterocycles. The minimum atomic E-state index is -0.176. The number of hydrogen-bond donors (Lipinski definition) is 1. The molecule has 0 spiro atoms. The normalized spacial score (nSPS) is 15.2. The second kappa shape index (κ2) is 8.25. The number of aliphatic hydroxyl groups excluding tert-OH is 1. The number of aliphatic hydroxyl groups is 1. The summed E-state index contributed by atoms with van der Waals surface area (Å²) in [4.78, 5) is 11.6. The SMILES string of the molecule is CC(C)CC(C)C(=O)OCC(CO)N(C)I. The predicted molar refractivity (Wildman–Crippen MR) is 72.2 cm³/mol. The van der Waals surface area contributed by atoms with E-state index in [1.165, 1.54) is 0 Å². The fraction of sp³-hybridized carbons (Fsp3) is 0.909. The number of rotatable bonds is 7. The van der Waals surface area contributed by atoms with E-state index in [0.717, 1.165) is 6.42 Å². The summed E-state index contributed by atoms with van der Waals surface area (Å²) in [5.74, 6) is 0.243. The first-order valence-electron chi connectivity index (χ1n) is 5.54. The van der Waals surface area contributed by atoms with Gasteiger partial charge in [-0.1, -0.05) is 20.8 Å². The Hall–Kier alpha value is 0.120. The molecule has 0 aliphatic rings. The zero-order chi connectivity index (χ0) is 12.7. The summed E-state index contributed by atoms with van der Waals surface area (Å²) in [6, 6.07) is -0.129. The zero-order valence-corrected chi connectivity index (χ0v) is 12.6. The topological polar surface area (TPSA) is 49.8 Å². The lowest BCUT2D eigenvalue weighted by Crippen LogP contribution is -2.33.